The lowest BCUT2D eigenvalue weighted by Gasteiger charge is -2.23. The Bertz CT molecular complexity index is 634. The van der Waals surface area contributed by atoms with Crippen LogP contribution in [0.1, 0.15) is 38.2 Å². The van der Waals surface area contributed by atoms with Gasteiger partial charge in [0, 0.05) is 16.4 Å². The molecule has 0 aliphatic heterocycles. The predicted octanol–water partition coefficient (Wildman–Crippen LogP) is 2.20. The van der Waals surface area contributed by atoms with E-state index in [2.05, 4.69) is 15.6 Å². The van der Waals surface area contributed by atoms with Crippen LogP contribution in [-0.2, 0) is 4.79 Å². The van der Waals surface area contributed by atoms with Gasteiger partial charge in [0.1, 0.15) is 11.7 Å². The van der Waals surface area contributed by atoms with Gasteiger partial charge >= 0.3 is 0 Å². The molecule has 0 aliphatic carbocycles. The Morgan fingerprint density at radius 1 is 1.19 bits per heavy atom. The van der Waals surface area contributed by atoms with Gasteiger partial charge in [0.15, 0.2) is 0 Å². The maximum absolute atomic E-state index is 12.2. The second-order valence-electron chi connectivity index (χ2n) is 6.20. The summed E-state index contributed by atoms with van der Waals surface area (Å²) in [7, 11) is 0. The highest BCUT2D eigenvalue weighted by Crippen LogP contribution is 2.14. The van der Waals surface area contributed by atoms with Crippen molar-refractivity contribution in [3.05, 3.63) is 36.0 Å². The van der Waals surface area contributed by atoms with Crippen LogP contribution in [0.15, 0.2) is 30.3 Å². The molecule has 1 unspecified atom stereocenters. The van der Waals surface area contributed by atoms with Crippen molar-refractivity contribution < 1.29 is 9.59 Å². The molecular weight excluding hydrogens is 266 g/mol. The smallest absolute Gasteiger partial charge is 0.268 e. The van der Waals surface area contributed by atoms with Gasteiger partial charge in [0.25, 0.3) is 5.91 Å². The summed E-state index contributed by atoms with van der Waals surface area (Å²) >= 11 is 0. The number of H-pyrrole nitrogens is 1. The molecule has 0 saturated heterocycles. The van der Waals surface area contributed by atoms with E-state index in [4.69, 9.17) is 0 Å². The van der Waals surface area contributed by atoms with E-state index in [1.807, 2.05) is 45.0 Å². The quantitative estimate of drug-likeness (QED) is 0.809. The molecular formula is C16H21N3O2. The number of carbonyl (C=O) groups is 2. The van der Waals surface area contributed by atoms with E-state index in [1.165, 1.54) is 0 Å². The van der Waals surface area contributed by atoms with Crippen LogP contribution in [0.5, 0.6) is 0 Å². The first-order valence-electron chi connectivity index (χ1n) is 6.97. The summed E-state index contributed by atoms with van der Waals surface area (Å²) in [4.78, 5) is 27.2. The van der Waals surface area contributed by atoms with Gasteiger partial charge in [-0.1, -0.05) is 18.2 Å². The predicted molar refractivity (Wildman–Crippen MR) is 83.1 cm³/mol. The molecule has 3 N–H and O–H groups in total. The molecule has 1 aromatic carbocycles. The first-order chi connectivity index (χ1) is 9.76. The number of hydrogen-bond donors (Lipinski definition) is 3. The van der Waals surface area contributed by atoms with Gasteiger partial charge in [0.2, 0.25) is 5.91 Å². The summed E-state index contributed by atoms with van der Waals surface area (Å²) in [5.41, 5.74) is 1.03. The van der Waals surface area contributed by atoms with Crippen molar-refractivity contribution in [1.82, 2.24) is 15.6 Å². The maximum atomic E-state index is 12.2. The molecule has 21 heavy (non-hydrogen) atoms. The number of para-hydroxylation sites is 1. The van der Waals surface area contributed by atoms with Crippen molar-refractivity contribution in [2.75, 3.05) is 0 Å². The number of fused-ring (bicyclic) bond motifs is 1. The fourth-order valence-electron chi connectivity index (χ4n) is 2.01. The third-order valence-corrected chi connectivity index (χ3v) is 3.01. The zero-order valence-corrected chi connectivity index (χ0v) is 12.8. The topological polar surface area (TPSA) is 74.0 Å². The highest BCUT2D eigenvalue weighted by atomic mass is 16.2. The number of amides is 2. The highest BCUT2D eigenvalue weighted by Gasteiger charge is 2.21. The number of aromatic nitrogens is 1. The van der Waals surface area contributed by atoms with Crippen molar-refractivity contribution >= 4 is 22.7 Å². The lowest BCUT2D eigenvalue weighted by Crippen LogP contribution is -2.50. The van der Waals surface area contributed by atoms with Crippen LogP contribution in [-0.4, -0.2) is 28.4 Å². The molecule has 5 heteroatoms. The molecule has 112 valence electrons. The van der Waals surface area contributed by atoms with Crippen LogP contribution in [0.2, 0.25) is 0 Å². The lowest BCUT2D eigenvalue weighted by molar-refractivity contribution is -0.124. The molecule has 0 saturated carbocycles. The molecule has 1 heterocycles. The molecule has 1 atom stereocenters. The molecule has 2 amide bonds. The van der Waals surface area contributed by atoms with E-state index in [1.54, 1.807) is 13.0 Å². The first kappa shape index (κ1) is 15.1. The van der Waals surface area contributed by atoms with Crippen LogP contribution >= 0.6 is 0 Å². The van der Waals surface area contributed by atoms with Gasteiger partial charge in [-0.25, -0.2) is 0 Å². The van der Waals surface area contributed by atoms with Gasteiger partial charge in [-0.05, 0) is 39.8 Å². The fourth-order valence-corrected chi connectivity index (χ4v) is 2.01. The molecule has 5 nitrogen and oxygen atoms in total. The van der Waals surface area contributed by atoms with Crippen LogP contribution < -0.4 is 10.6 Å². The van der Waals surface area contributed by atoms with Crippen molar-refractivity contribution in [2.24, 2.45) is 0 Å². The zero-order chi connectivity index (χ0) is 15.6. The largest absolute Gasteiger partial charge is 0.351 e. The second kappa shape index (κ2) is 5.60. The minimum atomic E-state index is -0.594. The summed E-state index contributed by atoms with van der Waals surface area (Å²) in [6, 6.07) is 8.83. The number of benzene rings is 1. The fraction of sp³-hybridized carbons (Fsp3) is 0.375. The number of nitrogens with one attached hydrogen (secondary N) is 3. The summed E-state index contributed by atoms with van der Waals surface area (Å²) in [5.74, 6) is -0.491. The van der Waals surface area contributed by atoms with Gasteiger partial charge in [-0.15, -0.1) is 0 Å². The van der Waals surface area contributed by atoms with Crippen LogP contribution in [0.4, 0.5) is 0 Å². The molecule has 0 fully saturated rings. The number of rotatable bonds is 3. The average molecular weight is 287 g/mol. The number of carbonyl (C=O) groups excluding carboxylic acids is 2. The van der Waals surface area contributed by atoms with Crippen LogP contribution in [0, 0.1) is 0 Å². The van der Waals surface area contributed by atoms with E-state index in [0.717, 1.165) is 10.9 Å². The van der Waals surface area contributed by atoms with Crippen LogP contribution in [0.3, 0.4) is 0 Å². The average Bonchev–Trinajstić information content (AvgIpc) is 2.80. The highest BCUT2D eigenvalue weighted by molar-refractivity contribution is 6.00. The van der Waals surface area contributed by atoms with Gasteiger partial charge in [0.05, 0.1) is 0 Å². The van der Waals surface area contributed by atoms with Crippen molar-refractivity contribution in [1.29, 1.82) is 0 Å². The Labute approximate surface area is 124 Å². The van der Waals surface area contributed by atoms with E-state index in [0.29, 0.717) is 5.69 Å². The Hall–Kier alpha value is -2.30. The Morgan fingerprint density at radius 3 is 2.48 bits per heavy atom. The monoisotopic (exact) mass is 287 g/mol. The SMILES string of the molecule is CC(NC(=O)c1cc2ccccc2[nH]1)C(=O)NC(C)(C)C. The Kier molecular flexibility index (Phi) is 4.02. The van der Waals surface area contributed by atoms with E-state index in [-0.39, 0.29) is 17.4 Å². The number of hydrogen-bond acceptors (Lipinski definition) is 2. The maximum Gasteiger partial charge on any atom is 0.268 e. The van der Waals surface area contributed by atoms with Crippen molar-refractivity contribution in [3.63, 3.8) is 0 Å². The molecule has 0 aliphatic rings. The molecule has 0 spiro atoms. The summed E-state index contributed by atoms with van der Waals surface area (Å²) in [5, 5.41) is 6.50. The minimum absolute atomic E-state index is 0.202. The molecule has 0 bridgehead atoms. The van der Waals surface area contributed by atoms with E-state index >= 15 is 0 Å². The third-order valence-electron chi connectivity index (χ3n) is 3.01. The lowest BCUT2D eigenvalue weighted by atomic mass is 10.1. The van der Waals surface area contributed by atoms with Crippen LogP contribution in [0.25, 0.3) is 10.9 Å². The third kappa shape index (κ3) is 3.84. The molecule has 2 rings (SSSR count). The van der Waals surface area contributed by atoms with E-state index in [9.17, 15) is 9.59 Å². The summed E-state index contributed by atoms with van der Waals surface area (Å²) in [6.45, 7) is 7.37. The van der Waals surface area contributed by atoms with Crippen molar-refractivity contribution in [3.8, 4) is 0 Å². The zero-order valence-electron chi connectivity index (χ0n) is 12.8. The second-order valence-corrected chi connectivity index (χ2v) is 6.20. The molecule has 1 aromatic heterocycles. The molecule has 0 radical (unpaired) electrons. The van der Waals surface area contributed by atoms with Gasteiger partial charge in [-0.3, -0.25) is 9.59 Å². The first-order valence-corrected chi connectivity index (χ1v) is 6.97. The van der Waals surface area contributed by atoms with E-state index < -0.39 is 6.04 Å². The standard InChI is InChI=1S/C16H21N3O2/c1-10(14(20)19-16(2,3)4)17-15(21)13-9-11-7-5-6-8-12(11)18-13/h5-10,18H,1-4H3,(H,17,21)(H,19,20). The van der Waals surface area contributed by atoms with Crippen molar-refractivity contribution in [2.45, 2.75) is 39.3 Å². The normalized spacial score (nSPS) is 13.0. The van der Waals surface area contributed by atoms with Gasteiger partial charge < -0.3 is 15.6 Å². The minimum Gasteiger partial charge on any atom is -0.351 e. The Balaban J connectivity index is 2.05. The number of aromatic amines is 1. The molecule has 2 aromatic rings. The summed E-state index contributed by atoms with van der Waals surface area (Å²) < 4.78 is 0. The Morgan fingerprint density at radius 2 is 1.86 bits per heavy atom. The summed E-state index contributed by atoms with van der Waals surface area (Å²) in [6.07, 6.45) is 0. The van der Waals surface area contributed by atoms with Gasteiger partial charge in [-0.2, -0.15) is 0 Å².